The monoisotopic (exact) mass is 697 g/mol. The highest BCUT2D eigenvalue weighted by atomic mass is 15.1. The summed E-state index contributed by atoms with van der Waals surface area (Å²) >= 11 is 0. The van der Waals surface area contributed by atoms with Crippen LogP contribution in [-0.4, -0.2) is 0 Å². The van der Waals surface area contributed by atoms with Crippen molar-refractivity contribution in [2.45, 2.75) is 48.5 Å². The van der Waals surface area contributed by atoms with Crippen LogP contribution in [0, 0.1) is 60.6 Å². The largest absolute Gasteiger partial charge is 0.310 e. The van der Waals surface area contributed by atoms with Crippen LogP contribution in [0.3, 0.4) is 0 Å². The second-order valence-electron chi connectivity index (χ2n) is 14.6. The minimum absolute atomic E-state index is 1.11. The van der Waals surface area contributed by atoms with Crippen molar-refractivity contribution >= 4 is 40.4 Å². The fraction of sp³-hybridized carbons (Fsp3) is 0.132. The minimum atomic E-state index is 1.11. The third kappa shape index (κ3) is 7.85. The summed E-state index contributed by atoms with van der Waals surface area (Å²) in [6.45, 7) is 15.3. The van der Waals surface area contributed by atoms with Crippen LogP contribution in [0.5, 0.6) is 0 Å². The van der Waals surface area contributed by atoms with Gasteiger partial charge in [-0.2, -0.15) is 0 Å². The summed E-state index contributed by atoms with van der Waals surface area (Å²) in [5.74, 6) is 0. The van der Waals surface area contributed by atoms with Gasteiger partial charge in [-0.3, -0.25) is 0 Å². The molecule has 1 nitrogen and oxygen atoms in total. The van der Waals surface area contributed by atoms with Crippen molar-refractivity contribution in [3.05, 3.63) is 230 Å². The average Bonchev–Trinajstić information content (AvgIpc) is 3.18. The maximum Gasteiger partial charge on any atom is 0.0520 e. The van der Waals surface area contributed by atoms with Crippen molar-refractivity contribution in [2.24, 2.45) is 0 Å². The van der Waals surface area contributed by atoms with E-state index in [1.807, 2.05) is 12.1 Å². The molecule has 0 fully saturated rings. The van der Waals surface area contributed by atoms with Gasteiger partial charge >= 0.3 is 0 Å². The van der Waals surface area contributed by atoms with Crippen LogP contribution < -0.4 is 4.90 Å². The van der Waals surface area contributed by atoms with E-state index in [0.29, 0.717) is 0 Å². The zero-order valence-corrected chi connectivity index (χ0v) is 32.5. The Balaban J connectivity index is 1.30. The summed E-state index contributed by atoms with van der Waals surface area (Å²) < 4.78 is 0. The van der Waals surface area contributed by atoms with Crippen LogP contribution in [0.2, 0.25) is 0 Å². The second-order valence-corrected chi connectivity index (χ2v) is 14.6. The summed E-state index contributed by atoms with van der Waals surface area (Å²) in [5.41, 5.74) is 21.8. The first kappa shape index (κ1) is 36.0. The van der Waals surface area contributed by atoms with Crippen LogP contribution in [-0.2, 0) is 0 Å². The normalized spacial score (nSPS) is 11.7. The Kier molecular flexibility index (Phi) is 10.5. The molecule has 7 aromatic carbocycles. The molecule has 0 unspecified atom stereocenters. The molecule has 7 aromatic rings. The summed E-state index contributed by atoms with van der Waals surface area (Å²) in [7, 11) is 0. The molecular formula is C53H47N. The molecule has 0 radical (unpaired) electrons. The topological polar surface area (TPSA) is 3.24 Å². The Morgan fingerprint density at radius 3 is 1.39 bits per heavy atom. The van der Waals surface area contributed by atoms with Crippen molar-refractivity contribution in [3.63, 3.8) is 0 Å². The van der Waals surface area contributed by atoms with Crippen LogP contribution in [0.25, 0.3) is 23.3 Å². The highest BCUT2D eigenvalue weighted by molar-refractivity contribution is 5.93. The highest BCUT2D eigenvalue weighted by Gasteiger charge is 2.18. The SMILES string of the molecule is Cc1cc(C)c(N(c2ccc(/C=C(\c3cc#ccc3)c3ccc(C)c(C)c3)cc2)c2ccc(/C=C(\c3ccccc3)c3ccc(C)c(C)c3)cc2)c(C)c1. The first-order chi connectivity index (χ1) is 26.1. The van der Waals surface area contributed by atoms with Gasteiger partial charge in [0.2, 0.25) is 0 Å². The molecule has 0 aromatic heterocycles. The Morgan fingerprint density at radius 2 is 0.926 bits per heavy atom. The van der Waals surface area contributed by atoms with E-state index in [1.165, 1.54) is 66.9 Å². The summed E-state index contributed by atoms with van der Waals surface area (Å²) in [6.07, 6.45) is 4.59. The van der Waals surface area contributed by atoms with Gasteiger partial charge < -0.3 is 4.90 Å². The lowest BCUT2D eigenvalue weighted by atomic mass is 9.93. The number of anilines is 3. The fourth-order valence-corrected chi connectivity index (χ4v) is 7.32. The molecule has 0 atom stereocenters. The number of aryl methyl sites for hydroxylation is 7. The van der Waals surface area contributed by atoms with Crippen LogP contribution >= 0.6 is 0 Å². The molecule has 0 spiro atoms. The van der Waals surface area contributed by atoms with Crippen molar-refractivity contribution in [1.82, 2.24) is 0 Å². The van der Waals surface area contributed by atoms with Crippen molar-refractivity contribution in [2.75, 3.05) is 4.90 Å². The quantitative estimate of drug-likeness (QED) is 0.136. The third-order valence-corrected chi connectivity index (χ3v) is 10.5. The van der Waals surface area contributed by atoms with E-state index in [-0.39, 0.29) is 0 Å². The van der Waals surface area contributed by atoms with E-state index < -0.39 is 0 Å². The fourth-order valence-electron chi connectivity index (χ4n) is 7.32. The molecule has 264 valence electrons. The Hall–Kier alpha value is -6.36. The predicted octanol–water partition coefficient (Wildman–Crippen LogP) is 14.1. The van der Waals surface area contributed by atoms with E-state index in [9.17, 15) is 0 Å². The Bertz CT molecular complexity index is 2290. The maximum atomic E-state index is 3.16. The molecule has 0 aliphatic carbocycles. The molecule has 0 aliphatic rings. The number of hydrogen-bond donors (Lipinski definition) is 0. The maximum absolute atomic E-state index is 3.16. The van der Waals surface area contributed by atoms with E-state index in [4.69, 9.17) is 0 Å². The first-order valence-electron chi connectivity index (χ1n) is 18.7. The number of benzene rings is 6. The molecular weight excluding hydrogens is 651 g/mol. The van der Waals surface area contributed by atoms with Gasteiger partial charge in [0.1, 0.15) is 0 Å². The number of nitrogens with zero attached hydrogens (tertiary/aromatic N) is 1. The predicted molar refractivity (Wildman–Crippen MR) is 232 cm³/mol. The van der Waals surface area contributed by atoms with Crippen molar-refractivity contribution < 1.29 is 0 Å². The minimum Gasteiger partial charge on any atom is -0.310 e. The highest BCUT2D eigenvalue weighted by Crippen LogP contribution is 2.40. The molecule has 0 amide bonds. The lowest BCUT2D eigenvalue weighted by molar-refractivity contribution is 1.20. The van der Waals surface area contributed by atoms with Crippen LogP contribution in [0.15, 0.2) is 146 Å². The third-order valence-electron chi connectivity index (χ3n) is 10.5. The smallest absolute Gasteiger partial charge is 0.0520 e. The zero-order valence-electron chi connectivity index (χ0n) is 32.5. The van der Waals surface area contributed by atoms with Crippen molar-refractivity contribution in [1.29, 1.82) is 0 Å². The Morgan fingerprint density at radius 1 is 0.426 bits per heavy atom. The van der Waals surface area contributed by atoms with Crippen LogP contribution in [0.1, 0.15) is 72.3 Å². The van der Waals surface area contributed by atoms with Crippen molar-refractivity contribution in [3.8, 4) is 0 Å². The van der Waals surface area contributed by atoms with E-state index in [0.717, 1.165) is 33.6 Å². The standard InChI is InChI=1S/C53H47N/c1-36-30-41(6)53(42(7)31-36)54(49-26-20-43(21-27-49)34-51(45-14-10-8-11-15-45)47-24-18-37(2)39(4)32-47)50-28-22-44(23-29-50)35-52(46-16-12-9-13-17-46)48-25-19-38(3)40(5)33-48/h8,10-12,14-35H,1-7H3/b51-34+,52-35+. The molecule has 0 saturated heterocycles. The van der Waals surface area contributed by atoms with Gasteiger partial charge in [0.05, 0.1) is 5.69 Å². The molecule has 0 saturated carbocycles. The molecule has 54 heavy (non-hydrogen) atoms. The van der Waals surface area contributed by atoms with E-state index >= 15 is 0 Å². The molecule has 0 N–H and O–H groups in total. The van der Waals surface area contributed by atoms with Gasteiger partial charge in [-0.15, -0.1) is 0 Å². The van der Waals surface area contributed by atoms with Gasteiger partial charge in [-0.1, -0.05) is 121 Å². The summed E-state index contributed by atoms with van der Waals surface area (Å²) in [5, 5.41) is 0. The zero-order chi connectivity index (χ0) is 37.8. The lowest BCUT2D eigenvalue weighted by Crippen LogP contribution is -2.13. The first-order valence-corrected chi connectivity index (χ1v) is 18.7. The van der Waals surface area contributed by atoms with Gasteiger partial charge in [0, 0.05) is 11.4 Å². The molecule has 0 bridgehead atoms. The van der Waals surface area contributed by atoms with Crippen LogP contribution in [0.4, 0.5) is 17.1 Å². The second kappa shape index (κ2) is 15.7. The van der Waals surface area contributed by atoms with E-state index in [1.54, 1.807) is 0 Å². The number of rotatable bonds is 9. The molecule has 7 rings (SSSR count). The number of hydrogen-bond acceptors (Lipinski definition) is 1. The lowest BCUT2D eigenvalue weighted by Gasteiger charge is -2.29. The average molecular weight is 698 g/mol. The Labute approximate surface area is 322 Å². The molecule has 0 aliphatic heterocycles. The molecule has 0 heterocycles. The van der Waals surface area contributed by atoms with Gasteiger partial charge in [-0.05, 0) is 181 Å². The van der Waals surface area contributed by atoms with E-state index in [2.05, 4.69) is 211 Å². The summed E-state index contributed by atoms with van der Waals surface area (Å²) in [4.78, 5) is 2.40. The summed E-state index contributed by atoms with van der Waals surface area (Å²) in [6, 6.07) is 58.9. The molecule has 1 heteroatoms. The van der Waals surface area contributed by atoms with Gasteiger partial charge in [0.25, 0.3) is 0 Å². The van der Waals surface area contributed by atoms with Gasteiger partial charge in [0.15, 0.2) is 0 Å². The van der Waals surface area contributed by atoms with Gasteiger partial charge in [-0.25, -0.2) is 0 Å².